The summed E-state index contributed by atoms with van der Waals surface area (Å²) >= 11 is 0. The number of rotatable bonds is 6. The second kappa shape index (κ2) is 8.25. The van der Waals surface area contributed by atoms with Gasteiger partial charge in [-0.05, 0) is 20.3 Å². The minimum Gasteiger partial charge on any atom is -0.385 e. The molecular formula is C16H28O6. The van der Waals surface area contributed by atoms with Crippen molar-refractivity contribution >= 4 is 0 Å². The van der Waals surface area contributed by atoms with E-state index >= 15 is 0 Å². The highest BCUT2D eigenvalue weighted by atomic mass is 16.7. The topological polar surface area (TPSA) is 77.4 Å². The van der Waals surface area contributed by atoms with E-state index in [0.717, 1.165) is 12.8 Å². The van der Waals surface area contributed by atoms with Crippen molar-refractivity contribution in [2.45, 2.75) is 69.9 Å². The summed E-state index contributed by atoms with van der Waals surface area (Å²) in [6.45, 7) is 5.44. The molecule has 6 heteroatoms. The Bertz CT molecular complexity index is 395. The summed E-state index contributed by atoms with van der Waals surface area (Å²) in [5, 5.41) is 21.2. The highest BCUT2D eigenvalue weighted by Crippen LogP contribution is 2.32. The van der Waals surface area contributed by atoms with Gasteiger partial charge in [-0.15, -0.1) is 5.92 Å². The molecule has 1 saturated heterocycles. The number of hydrogen-bond acceptors (Lipinski definition) is 6. The van der Waals surface area contributed by atoms with E-state index in [1.54, 1.807) is 13.8 Å². The molecule has 22 heavy (non-hydrogen) atoms. The maximum absolute atomic E-state index is 10.8. The van der Waals surface area contributed by atoms with Crippen LogP contribution in [0.1, 0.15) is 40.0 Å². The molecule has 3 atom stereocenters. The predicted molar refractivity (Wildman–Crippen MR) is 81.0 cm³/mol. The van der Waals surface area contributed by atoms with Crippen LogP contribution in [0.5, 0.6) is 0 Å². The molecule has 6 nitrogen and oxygen atoms in total. The first-order valence-corrected chi connectivity index (χ1v) is 7.57. The second-order valence-corrected chi connectivity index (χ2v) is 5.89. The lowest BCUT2D eigenvalue weighted by molar-refractivity contribution is -0.349. The van der Waals surface area contributed by atoms with Crippen molar-refractivity contribution in [1.29, 1.82) is 0 Å². The minimum absolute atomic E-state index is 0.0546. The van der Waals surface area contributed by atoms with Gasteiger partial charge in [0, 0.05) is 20.6 Å². The van der Waals surface area contributed by atoms with Crippen LogP contribution in [0, 0.1) is 11.8 Å². The van der Waals surface area contributed by atoms with Gasteiger partial charge < -0.3 is 29.2 Å². The van der Waals surface area contributed by atoms with Crippen LogP contribution >= 0.6 is 0 Å². The van der Waals surface area contributed by atoms with Gasteiger partial charge in [0.2, 0.25) is 0 Å². The van der Waals surface area contributed by atoms with Crippen molar-refractivity contribution < 1.29 is 29.2 Å². The van der Waals surface area contributed by atoms with Crippen molar-refractivity contribution in [3.63, 3.8) is 0 Å². The normalized spacial score (nSPS) is 29.0. The number of ether oxygens (including phenoxy) is 4. The van der Waals surface area contributed by atoms with Gasteiger partial charge in [0.25, 0.3) is 0 Å². The average Bonchev–Trinajstić information content (AvgIpc) is 2.48. The van der Waals surface area contributed by atoms with E-state index in [2.05, 4.69) is 18.8 Å². The molecule has 0 aromatic heterocycles. The molecule has 0 aromatic rings. The maximum atomic E-state index is 10.8. The molecular weight excluding hydrogens is 288 g/mol. The molecule has 0 spiro atoms. The number of hydrogen-bond donors (Lipinski definition) is 2. The summed E-state index contributed by atoms with van der Waals surface area (Å²) in [6, 6.07) is 0. The summed E-state index contributed by atoms with van der Waals surface area (Å²) in [7, 11) is 2.82. The van der Waals surface area contributed by atoms with E-state index in [1.807, 2.05) is 0 Å². The van der Waals surface area contributed by atoms with Crippen molar-refractivity contribution in [2.24, 2.45) is 0 Å². The molecule has 0 aliphatic carbocycles. The van der Waals surface area contributed by atoms with Gasteiger partial charge >= 0.3 is 0 Å². The van der Waals surface area contributed by atoms with Crippen LogP contribution in [-0.2, 0) is 18.9 Å². The van der Waals surface area contributed by atoms with E-state index in [1.165, 1.54) is 14.2 Å². The number of methoxy groups -OCH3 is 2. The van der Waals surface area contributed by atoms with E-state index < -0.39 is 29.9 Å². The Labute approximate surface area is 132 Å². The van der Waals surface area contributed by atoms with Crippen LogP contribution in [0.15, 0.2) is 0 Å². The molecule has 1 aliphatic rings. The summed E-state index contributed by atoms with van der Waals surface area (Å²) < 4.78 is 21.3. The molecule has 0 bridgehead atoms. The van der Waals surface area contributed by atoms with Gasteiger partial charge in [0.1, 0.15) is 12.2 Å². The number of aliphatic hydroxyl groups excluding tert-OH is 1. The lowest BCUT2D eigenvalue weighted by Crippen LogP contribution is -2.63. The standard InChI is InChI=1S/C16H28O6/c1-6-7-8-9-10-16(18)11-21-15(2,3)22-13(16)12(17)14(19-4)20-5/h12-14,17-18H,6-8,11H2,1-5H3/t12-,13+,16-/m1/s1. The zero-order valence-electron chi connectivity index (χ0n) is 14.1. The van der Waals surface area contributed by atoms with Crippen LogP contribution in [-0.4, -0.2) is 60.9 Å². The Kier molecular flexibility index (Phi) is 7.26. The molecule has 0 amide bonds. The van der Waals surface area contributed by atoms with Crippen LogP contribution in [0.4, 0.5) is 0 Å². The zero-order chi connectivity index (χ0) is 16.8. The predicted octanol–water partition coefficient (Wildman–Crippen LogP) is 1.04. The molecule has 0 aromatic carbocycles. The van der Waals surface area contributed by atoms with E-state index in [0.29, 0.717) is 6.42 Å². The first-order valence-electron chi connectivity index (χ1n) is 7.57. The third-order valence-corrected chi connectivity index (χ3v) is 3.54. The van der Waals surface area contributed by atoms with Crippen LogP contribution in [0.25, 0.3) is 0 Å². The summed E-state index contributed by atoms with van der Waals surface area (Å²) in [6.07, 6.45) is -0.498. The van der Waals surface area contributed by atoms with E-state index in [-0.39, 0.29) is 6.61 Å². The third kappa shape index (κ3) is 4.92. The molecule has 1 rings (SSSR count). The fraction of sp³-hybridized carbons (Fsp3) is 0.875. The Balaban J connectivity index is 2.97. The van der Waals surface area contributed by atoms with Gasteiger partial charge in [0.15, 0.2) is 17.7 Å². The smallest absolute Gasteiger partial charge is 0.185 e. The van der Waals surface area contributed by atoms with Crippen LogP contribution in [0.2, 0.25) is 0 Å². The average molecular weight is 316 g/mol. The lowest BCUT2D eigenvalue weighted by Gasteiger charge is -2.46. The van der Waals surface area contributed by atoms with Crippen LogP contribution < -0.4 is 0 Å². The Morgan fingerprint density at radius 3 is 2.50 bits per heavy atom. The SMILES string of the molecule is CCCCC#C[C@@]1(O)COC(C)(C)O[C@H]1[C@@H](O)C(OC)OC. The monoisotopic (exact) mass is 316 g/mol. The first-order chi connectivity index (χ1) is 10.3. The van der Waals surface area contributed by atoms with Gasteiger partial charge in [-0.1, -0.05) is 19.3 Å². The van der Waals surface area contributed by atoms with Crippen molar-refractivity contribution in [3.8, 4) is 11.8 Å². The fourth-order valence-corrected chi connectivity index (χ4v) is 2.26. The first kappa shape index (κ1) is 19.4. The summed E-state index contributed by atoms with van der Waals surface area (Å²) in [4.78, 5) is 0. The van der Waals surface area contributed by atoms with Gasteiger partial charge in [-0.3, -0.25) is 0 Å². The van der Waals surface area contributed by atoms with Gasteiger partial charge in [-0.25, -0.2) is 0 Å². The molecule has 1 fully saturated rings. The Morgan fingerprint density at radius 1 is 1.32 bits per heavy atom. The summed E-state index contributed by atoms with van der Waals surface area (Å²) in [5.41, 5.74) is -1.61. The Hall–Kier alpha value is -0.680. The Morgan fingerprint density at radius 2 is 1.95 bits per heavy atom. The number of aliphatic hydroxyl groups is 2. The molecule has 1 aliphatic heterocycles. The second-order valence-electron chi connectivity index (χ2n) is 5.89. The van der Waals surface area contributed by atoms with Crippen molar-refractivity contribution in [1.82, 2.24) is 0 Å². The molecule has 1 heterocycles. The number of unbranched alkanes of at least 4 members (excludes halogenated alkanes) is 2. The lowest BCUT2D eigenvalue weighted by atomic mass is 9.91. The minimum atomic E-state index is -1.61. The quantitative estimate of drug-likeness (QED) is 0.433. The largest absolute Gasteiger partial charge is 0.385 e. The highest BCUT2D eigenvalue weighted by molar-refractivity contribution is 5.20. The van der Waals surface area contributed by atoms with Crippen molar-refractivity contribution in [2.75, 3.05) is 20.8 Å². The molecule has 0 saturated carbocycles. The van der Waals surface area contributed by atoms with Gasteiger partial charge in [-0.2, -0.15) is 0 Å². The third-order valence-electron chi connectivity index (χ3n) is 3.54. The molecule has 0 unspecified atom stereocenters. The molecule has 2 N–H and O–H groups in total. The van der Waals surface area contributed by atoms with Gasteiger partial charge in [0.05, 0.1) is 6.61 Å². The van der Waals surface area contributed by atoms with Crippen molar-refractivity contribution in [3.05, 3.63) is 0 Å². The fourth-order valence-electron chi connectivity index (χ4n) is 2.26. The highest BCUT2D eigenvalue weighted by Gasteiger charge is 2.51. The molecule has 0 radical (unpaired) electrons. The van der Waals surface area contributed by atoms with Crippen LogP contribution in [0.3, 0.4) is 0 Å². The molecule has 128 valence electrons. The zero-order valence-corrected chi connectivity index (χ0v) is 14.1. The maximum Gasteiger partial charge on any atom is 0.185 e. The summed E-state index contributed by atoms with van der Waals surface area (Å²) in [5.74, 6) is 4.78. The van der Waals surface area contributed by atoms with E-state index in [4.69, 9.17) is 18.9 Å². The van der Waals surface area contributed by atoms with E-state index in [9.17, 15) is 10.2 Å².